The first-order valence-electron chi connectivity index (χ1n) is 7.94. The number of anilines is 1. The molecule has 0 radical (unpaired) electrons. The van der Waals surface area contributed by atoms with Crippen LogP contribution in [-0.4, -0.2) is 21.6 Å². The van der Waals surface area contributed by atoms with Crippen LogP contribution in [0, 0.1) is 18.3 Å². The lowest BCUT2D eigenvalue weighted by Crippen LogP contribution is -2.00. The molecule has 3 aromatic rings. The predicted molar refractivity (Wildman–Crippen MR) is 98.6 cm³/mol. The normalized spacial score (nSPS) is 10.8. The maximum Gasteiger partial charge on any atom is 0.174 e. The second-order valence-corrected chi connectivity index (χ2v) is 6.61. The summed E-state index contributed by atoms with van der Waals surface area (Å²) >= 11 is 1.57. The van der Waals surface area contributed by atoms with Gasteiger partial charge in [-0.15, -0.1) is 0 Å². The number of rotatable bonds is 6. The number of aromatic nitrogens is 3. The van der Waals surface area contributed by atoms with E-state index in [2.05, 4.69) is 22.5 Å². The fraction of sp³-hybridized carbons (Fsp3) is 0.278. The smallest absolute Gasteiger partial charge is 0.174 e. The summed E-state index contributed by atoms with van der Waals surface area (Å²) in [5.74, 6) is 1.22. The summed E-state index contributed by atoms with van der Waals surface area (Å²) in [6.45, 7) is 2.76. The number of hydrogen-bond donors (Lipinski definition) is 1. The lowest BCUT2D eigenvalue weighted by molar-refractivity contribution is 0.413. The lowest BCUT2D eigenvalue weighted by atomic mass is 10.2. The van der Waals surface area contributed by atoms with E-state index in [9.17, 15) is 0 Å². The fourth-order valence-electron chi connectivity index (χ4n) is 2.58. The van der Waals surface area contributed by atoms with Gasteiger partial charge in [0.25, 0.3) is 0 Å². The molecule has 0 bridgehead atoms. The summed E-state index contributed by atoms with van der Waals surface area (Å²) in [6.07, 6.45) is 2.95. The minimum absolute atomic E-state index is 0.417. The molecular weight excluding hydrogens is 334 g/mol. The van der Waals surface area contributed by atoms with Crippen molar-refractivity contribution < 1.29 is 4.74 Å². The van der Waals surface area contributed by atoms with Crippen molar-refractivity contribution in [2.45, 2.75) is 36.4 Å². The van der Waals surface area contributed by atoms with Gasteiger partial charge in [0.1, 0.15) is 11.3 Å². The maximum atomic E-state index is 8.83. The topological polar surface area (TPSA) is 89.8 Å². The number of nitriles is 1. The molecule has 2 aromatic heterocycles. The number of fused-ring (bicyclic) bond motifs is 1. The van der Waals surface area contributed by atoms with Crippen molar-refractivity contribution in [3.63, 3.8) is 0 Å². The van der Waals surface area contributed by atoms with Crippen LogP contribution in [0.25, 0.3) is 11.0 Å². The van der Waals surface area contributed by atoms with E-state index in [0.29, 0.717) is 24.3 Å². The van der Waals surface area contributed by atoms with Crippen LogP contribution >= 0.6 is 11.8 Å². The maximum absolute atomic E-state index is 8.83. The zero-order chi connectivity index (χ0) is 17.8. The molecule has 25 heavy (non-hydrogen) atoms. The van der Waals surface area contributed by atoms with Gasteiger partial charge in [-0.2, -0.15) is 5.26 Å². The second kappa shape index (κ2) is 7.45. The number of ether oxygens (including phenoxy) is 1. The highest BCUT2D eigenvalue weighted by Gasteiger charge is 2.15. The van der Waals surface area contributed by atoms with Gasteiger partial charge < -0.3 is 15.0 Å². The first kappa shape index (κ1) is 17.1. The number of pyridine rings is 1. The summed E-state index contributed by atoms with van der Waals surface area (Å²) in [7, 11) is 1.66. The molecule has 128 valence electrons. The molecule has 0 amide bonds. The van der Waals surface area contributed by atoms with E-state index in [1.54, 1.807) is 25.1 Å². The van der Waals surface area contributed by atoms with Crippen molar-refractivity contribution in [1.29, 1.82) is 5.26 Å². The molecular formula is C18H19N5OS. The van der Waals surface area contributed by atoms with Crippen LogP contribution in [0.1, 0.15) is 18.4 Å². The molecule has 0 fully saturated rings. The Bertz CT molecular complexity index is 945. The first-order valence-corrected chi connectivity index (χ1v) is 8.76. The SMILES string of the molecule is COc1ccc(C)c(Sc2nc3c(N)nccc3n2CCCC#N)c1. The van der Waals surface area contributed by atoms with Crippen molar-refractivity contribution >= 4 is 28.6 Å². The van der Waals surface area contributed by atoms with Crippen molar-refractivity contribution in [1.82, 2.24) is 14.5 Å². The zero-order valence-corrected chi connectivity index (χ0v) is 15.0. The first-order chi connectivity index (χ1) is 12.1. The van der Waals surface area contributed by atoms with Gasteiger partial charge in [0.15, 0.2) is 11.0 Å². The highest BCUT2D eigenvalue weighted by molar-refractivity contribution is 7.99. The summed E-state index contributed by atoms with van der Waals surface area (Å²) < 4.78 is 7.43. The third kappa shape index (κ3) is 3.54. The van der Waals surface area contributed by atoms with Gasteiger partial charge in [-0.3, -0.25) is 0 Å². The van der Waals surface area contributed by atoms with Crippen LogP contribution in [0.5, 0.6) is 5.75 Å². The average molecular weight is 353 g/mol. The van der Waals surface area contributed by atoms with Gasteiger partial charge in [0.2, 0.25) is 0 Å². The van der Waals surface area contributed by atoms with Crippen LogP contribution in [0.2, 0.25) is 0 Å². The van der Waals surface area contributed by atoms with Crippen LogP contribution in [0.15, 0.2) is 40.5 Å². The van der Waals surface area contributed by atoms with Crippen LogP contribution in [0.3, 0.4) is 0 Å². The number of imidazole rings is 1. The third-order valence-electron chi connectivity index (χ3n) is 3.93. The molecule has 0 unspecified atom stereocenters. The highest BCUT2D eigenvalue weighted by Crippen LogP contribution is 2.35. The van der Waals surface area contributed by atoms with Crippen molar-refractivity contribution in [2.75, 3.05) is 12.8 Å². The molecule has 0 saturated heterocycles. The number of benzene rings is 1. The van der Waals surface area contributed by atoms with Crippen molar-refractivity contribution in [2.24, 2.45) is 0 Å². The second-order valence-electron chi connectivity index (χ2n) is 5.61. The highest BCUT2D eigenvalue weighted by atomic mass is 32.2. The quantitative estimate of drug-likeness (QED) is 0.678. The number of hydrogen-bond acceptors (Lipinski definition) is 6. The van der Waals surface area contributed by atoms with Gasteiger partial charge in [0.05, 0.1) is 18.7 Å². The minimum atomic E-state index is 0.417. The fourth-order valence-corrected chi connectivity index (χ4v) is 3.61. The number of unbranched alkanes of at least 4 members (excludes halogenated alkanes) is 1. The van der Waals surface area contributed by atoms with Gasteiger partial charge in [-0.25, -0.2) is 9.97 Å². The Morgan fingerprint density at radius 2 is 2.20 bits per heavy atom. The lowest BCUT2D eigenvalue weighted by Gasteiger charge is -2.10. The Labute approximate surface area is 150 Å². The molecule has 7 heteroatoms. The monoisotopic (exact) mass is 353 g/mol. The molecule has 0 aliphatic carbocycles. The molecule has 0 spiro atoms. The summed E-state index contributed by atoms with van der Waals surface area (Å²) in [5, 5.41) is 9.66. The van der Waals surface area contributed by atoms with E-state index in [-0.39, 0.29) is 0 Å². The number of methoxy groups -OCH3 is 1. The standard InChI is InChI=1S/C18H19N5OS/c1-12-5-6-13(24-2)11-15(12)25-18-22-16-14(7-9-21-17(16)20)23(18)10-4-3-8-19/h5-7,9,11H,3-4,10H2,1-2H3,(H2,20,21). The van der Waals surface area contributed by atoms with E-state index in [1.165, 1.54) is 0 Å². The summed E-state index contributed by atoms with van der Waals surface area (Å²) in [4.78, 5) is 9.90. The van der Waals surface area contributed by atoms with E-state index in [0.717, 1.165) is 33.3 Å². The Morgan fingerprint density at radius 3 is 2.96 bits per heavy atom. The molecule has 0 saturated carbocycles. The molecule has 6 nitrogen and oxygen atoms in total. The van der Waals surface area contributed by atoms with Gasteiger partial charge in [0, 0.05) is 24.1 Å². The van der Waals surface area contributed by atoms with E-state index in [1.807, 2.05) is 24.3 Å². The molecule has 2 heterocycles. The number of aryl methyl sites for hydroxylation is 2. The molecule has 0 atom stereocenters. The third-order valence-corrected chi connectivity index (χ3v) is 5.08. The van der Waals surface area contributed by atoms with Gasteiger partial charge in [-0.1, -0.05) is 17.8 Å². The summed E-state index contributed by atoms with van der Waals surface area (Å²) in [5.41, 5.74) is 8.77. The van der Waals surface area contributed by atoms with Crippen molar-refractivity contribution in [3.8, 4) is 11.8 Å². The molecule has 0 aliphatic heterocycles. The zero-order valence-electron chi connectivity index (χ0n) is 14.2. The average Bonchev–Trinajstić information content (AvgIpc) is 2.96. The van der Waals surface area contributed by atoms with Crippen LogP contribution < -0.4 is 10.5 Å². The molecule has 1 aromatic carbocycles. The minimum Gasteiger partial charge on any atom is -0.497 e. The number of nitrogens with zero attached hydrogens (tertiary/aromatic N) is 4. The Hall–Kier alpha value is -2.72. The van der Waals surface area contributed by atoms with E-state index in [4.69, 9.17) is 20.7 Å². The molecule has 3 rings (SSSR count). The van der Waals surface area contributed by atoms with Gasteiger partial charge >= 0.3 is 0 Å². The Kier molecular flexibility index (Phi) is 5.10. The molecule has 2 N–H and O–H groups in total. The van der Waals surface area contributed by atoms with Crippen LogP contribution in [-0.2, 0) is 6.54 Å². The van der Waals surface area contributed by atoms with Crippen LogP contribution in [0.4, 0.5) is 5.82 Å². The van der Waals surface area contributed by atoms with Gasteiger partial charge in [-0.05, 0) is 37.1 Å². The predicted octanol–water partition coefficient (Wildman–Crippen LogP) is 3.79. The Morgan fingerprint density at radius 1 is 1.36 bits per heavy atom. The number of nitrogen functional groups attached to an aromatic ring is 1. The van der Waals surface area contributed by atoms with E-state index >= 15 is 0 Å². The molecule has 0 aliphatic rings. The summed E-state index contributed by atoms with van der Waals surface area (Å²) in [6, 6.07) is 10.1. The largest absolute Gasteiger partial charge is 0.497 e. The van der Waals surface area contributed by atoms with Crippen molar-refractivity contribution in [3.05, 3.63) is 36.0 Å². The number of nitrogens with two attached hydrogens (primary N) is 1. The van der Waals surface area contributed by atoms with E-state index < -0.39 is 0 Å². The Balaban J connectivity index is 2.04.